The van der Waals surface area contributed by atoms with Crippen LogP contribution in [0.5, 0.6) is 0 Å². The molecular formula is C29H31N3O2S. The van der Waals surface area contributed by atoms with Crippen LogP contribution in [0.15, 0.2) is 82.6 Å². The first kappa shape index (κ1) is 23.5. The molecule has 3 amide bonds. The average molecular weight is 486 g/mol. The summed E-state index contributed by atoms with van der Waals surface area (Å²) in [7, 11) is 0. The number of hydrogen-bond acceptors (Lipinski definition) is 3. The predicted octanol–water partition coefficient (Wildman–Crippen LogP) is 6.94. The van der Waals surface area contributed by atoms with Gasteiger partial charge in [0.15, 0.2) is 0 Å². The Hall–Kier alpha value is -3.25. The number of benzene rings is 3. The van der Waals surface area contributed by atoms with E-state index >= 15 is 0 Å². The summed E-state index contributed by atoms with van der Waals surface area (Å²) in [6.07, 6.45) is 3.37. The van der Waals surface area contributed by atoms with Gasteiger partial charge in [-0.2, -0.15) is 0 Å². The van der Waals surface area contributed by atoms with E-state index in [0.29, 0.717) is 29.6 Å². The minimum absolute atomic E-state index is 0.0395. The molecule has 3 aromatic carbocycles. The van der Waals surface area contributed by atoms with Crippen LogP contribution in [0, 0.1) is 11.8 Å². The van der Waals surface area contributed by atoms with Gasteiger partial charge in [0, 0.05) is 21.5 Å². The van der Waals surface area contributed by atoms with Crippen molar-refractivity contribution in [1.82, 2.24) is 5.32 Å². The van der Waals surface area contributed by atoms with E-state index < -0.39 is 0 Å². The van der Waals surface area contributed by atoms with Gasteiger partial charge in [-0.05, 0) is 54.2 Å². The van der Waals surface area contributed by atoms with Crippen LogP contribution in [0.2, 0.25) is 0 Å². The Labute approximate surface area is 211 Å². The van der Waals surface area contributed by atoms with Crippen molar-refractivity contribution in [2.75, 3.05) is 10.2 Å². The minimum Gasteiger partial charge on any atom is -0.335 e. The van der Waals surface area contributed by atoms with Crippen molar-refractivity contribution >= 4 is 35.1 Å². The number of urea groups is 1. The van der Waals surface area contributed by atoms with Crippen molar-refractivity contribution in [1.29, 1.82) is 0 Å². The summed E-state index contributed by atoms with van der Waals surface area (Å²) in [6, 6.07) is 23.5. The van der Waals surface area contributed by atoms with E-state index in [1.807, 2.05) is 77.7 Å². The Morgan fingerprint density at radius 3 is 2.57 bits per heavy atom. The first-order valence-electron chi connectivity index (χ1n) is 12.3. The fraction of sp³-hybridized carbons (Fsp3) is 0.310. The van der Waals surface area contributed by atoms with Gasteiger partial charge in [0.25, 0.3) is 5.91 Å². The van der Waals surface area contributed by atoms with E-state index in [0.717, 1.165) is 33.9 Å². The van der Waals surface area contributed by atoms with Crippen LogP contribution in [0.3, 0.4) is 0 Å². The molecule has 3 aromatic rings. The van der Waals surface area contributed by atoms with Crippen molar-refractivity contribution in [3.8, 4) is 0 Å². The molecule has 1 saturated carbocycles. The molecule has 0 bridgehead atoms. The molecule has 5 rings (SSSR count). The normalized spacial score (nSPS) is 21.5. The van der Waals surface area contributed by atoms with Crippen molar-refractivity contribution in [3.63, 3.8) is 0 Å². The first-order valence-corrected chi connectivity index (χ1v) is 13.2. The van der Waals surface area contributed by atoms with Gasteiger partial charge in [0.2, 0.25) is 0 Å². The van der Waals surface area contributed by atoms with E-state index in [-0.39, 0.29) is 18.0 Å². The van der Waals surface area contributed by atoms with Crippen LogP contribution in [0.1, 0.15) is 49.0 Å². The summed E-state index contributed by atoms with van der Waals surface area (Å²) in [5.74, 6) is 1.02. The third-order valence-electron chi connectivity index (χ3n) is 7.30. The molecule has 1 aliphatic carbocycles. The zero-order valence-corrected chi connectivity index (χ0v) is 21.0. The van der Waals surface area contributed by atoms with E-state index in [2.05, 4.69) is 24.5 Å². The third kappa shape index (κ3) is 5.08. The predicted molar refractivity (Wildman–Crippen MR) is 142 cm³/mol. The lowest BCUT2D eigenvalue weighted by Crippen LogP contribution is -2.45. The molecule has 6 heteroatoms. The number of carbonyl (C=O) groups excluding carboxylic acids is 2. The lowest BCUT2D eigenvalue weighted by molar-refractivity contribution is 0.0982. The molecule has 3 atom stereocenters. The number of nitrogens with zero attached hydrogens (tertiary/aromatic N) is 1. The number of fused-ring (bicyclic) bond motifs is 2. The Morgan fingerprint density at radius 1 is 0.971 bits per heavy atom. The van der Waals surface area contributed by atoms with Crippen molar-refractivity contribution in [2.24, 2.45) is 11.8 Å². The molecule has 0 spiro atoms. The SMILES string of the molecule is C[C@H]1[C@H](C)CCC[C@@H]1NC(=O)Nc1ccc2c(c1)N(Cc1ccccc1)C(=O)c1ccccc1S2. The Kier molecular flexibility index (Phi) is 6.82. The molecule has 0 aromatic heterocycles. The second-order valence-corrected chi connectivity index (χ2v) is 10.7. The molecule has 180 valence electrons. The van der Waals surface area contributed by atoms with Crippen LogP contribution in [0.4, 0.5) is 16.2 Å². The number of hydrogen-bond donors (Lipinski definition) is 2. The number of rotatable bonds is 4. The highest BCUT2D eigenvalue weighted by Crippen LogP contribution is 2.43. The second kappa shape index (κ2) is 10.2. The largest absolute Gasteiger partial charge is 0.335 e. The number of nitrogens with one attached hydrogen (secondary N) is 2. The maximum absolute atomic E-state index is 13.7. The zero-order chi connectivity index (χ0) is 24.4. The van der Waals surface area contributed by atoms with Crippen LogP contribution in [0.25, 0.3) is 0 Å². The average Bonchev–Trinajstić information content (AvgIpc) is 2.97. The summed E-state index contributed by atoms with van der Waals surface area (Å²) in [5, 5.41) is 6.20. The minimum atomic E-state index is -0.193. The maximum atomic E-state index is 13.7. The summed E-state index contributed by atoms with van der Waals surface area (Å²) in [4.78, 5) is 30.3. The maximum Gasteiger partial charge on any atom is 0.319 e. The molecule has 5 nitrogen and oxygen atoms in total. The first-order chi connectivity index (χ1) is 17.0. The molecule has 0 unspecified atom stereocenters. The number of carbonyl (C=O) groups is 2. The molecule has 0 saturated heterocycles. The molecule has 2 N–H and O–H groups in total. The van der Waals surface area contributed by atoms with Gasteiger partial charge >= 0.3 is 6.03 Å². The molecule has 1 heterocycles. The van der Waals surface area contributed by atoms with Gasteiger partial charge in [-0.1, -0.05) is 80.9 Å². The summed E-state index contributed by atoms with van der Waals surface area (Å²) in [6.45, 7) is 4.94. The molecular weight excluding hydrogens is 454 g/mol. The monoisotopic (exact) mass is 485 g/mol. The molecule has 2 aliphatic rings. The van der Waals surface area contributed by atoms with Crippen LogP contribution in [-0.4, -0.2) is 18.0 Å². The Bertz CT molecular complexity index is 1230. The van der Waals surface area contributed by atoms with Crippen molar-refractivity contribution in [2.45, 2.75) is 55.5 Å². The molecule has 1 aliphatic heterocycles. The van der Waals surface area contributed by atoms with E-state index in [1.165, 1.54) is 6.42 Å². The van der Waals surface area contributed by atoms with E-state index in [4.69, 9.17) is 0 Å². The summed E-state index contributed by atoms with van der Waals surface area (Å²) in [5.41, 5.74) is 3.22. The Balaban J connectivity index is 1.43. The van der Waals surface area contributed by atoms with Gasteiger partial charge in [-0.25, -0.2) is 4.79 Å². The lowest BCUT2D eigenvalue weighted by atomic mass is 9.78. The molecule has 1 fully saturated rings. The highest BCUT2D eigenvalue weighted by Gasteiger charge is 2.29. The Morgan fingerprint density at radius 2 is 1.74 bits per heavy atom. The van der Waals surface area contributed by atoms with Crippen LogP contribution < -0.4 is 15.5 Å². The van der Waals surface area contributed by atoms with Crippen LogP contribution >= 0.6 is 11.8 Å². The zero-order valence-electron chi connectivity index (χ0n) is 20.2. The number of amides is 3. The highest BCUT2D eigenvalue weighted by molar-refractivity contribution is 7.99. The van der Waals surface area contributed by atoms with Gasteiger partial charge in [0.05, 0.1) is 17.8 Å². The molecule has 0 radical (unpaired) electrons. The van der Waals surface area contributed by atoms with Crippen LogP contribution in [-0.2, 0) is 6.54 Å². The summed E-state index contributed by atoms with van der Waals surface area (Å²) < 4.78 is 0. The van der Waals surface area contributed by atoms with E-state index in [1.54, 1.807) is 11.8 Å². The van der Waals surface area contributed by atoms with Crippen molar-refractivity contribution in [3.05, 3.63) is 83.9 Å². The smallest absolute Gasteiger partial charge is 0.319 e. The highest BCUT2D eigenvalue weighted by atomic mass is 32.2. The quantitative estimate of drug-likeness (QED) is 0.421. The fourth-order valence-corrected chi connectivity index (χ4v) is 6.10. The lowest BCUT2D eigenvalue weighted by Gasteiger charge is -2.34. The van der Waals surface area contributed by atoms with Crippen molar-refractivity contribution < 1.29 is 9.59 Å². The second-order valence-electron chi connectivity index (χ2n) is 9.63. The standard InChI is InChI=1S/C29H31N3O2S/c1-19-9-8-13-24(20(19)2)31-29(34)30-22-15-16-27-25(17-22)32(18-21-10-4-3-5-11-21)28(33)23-12-6-7-14-26(23)35-27/h3-7,10-12,14-17,19-20,24H,8-9,13,18H2,1-2H3,(H2,30,31,34)/t19-,20+,24+/m1/s1. The van der Waals surface area contributed by atoms with Gasteiger partial charge < -0.3 is 15.5 Å². The fourth-order valence-electron chi connectivity index (χ4n) is 5.04. The van der Waals surface area contributed by atoms with Gasteiger partial charge in [-0.15, -0.1) is 0 Å². The number of anilines is 2. The van der Waals surface area contributed by atoms with Gasteiger partial charge in [-0.3, -0.25) is 4.79 Å². The van der Waals surface area contributed by atoms with Gasteiger partial charge in [0.1, 0.15) is 0 Å². The van der Waals surface area contributed by atoms with E-state index in [9.17, 15) is 9.59 Å². The topological polar surface area (TPSA) is 61.4 Å². The molecule has 35 heavy (non-hydrogen) atoms. The summed E-state index contributed by atoms with van der Waals surface area (Å²) >= 11 is 1.59. The third-order valence-corrected chi connectivity index (χ3v) is 8.44.